The molecule has 0 aliphatic carbocycles. The first-order valence-electron chi connectivity index (χ1n) is 9.81. The number of hydrogen-bond acceptors (Lipinski definition) is 5. The van der Waals surface area contributed by atoms with Crippen LogP contribution in [0.1, 0.15) is 5.56 Å². The van der Waals surface area contributed by atoms with Gasteiger partial charge in [-0.2, -0.15) is 0 Å². The van der Waals surface area contributed by atoms with Crippen LogP contribution in [0, 0.1) is 0 Å². The van der Waals surface area contributed by atoms with Crippen LogP contribution in [0.4, 0.5) is 0 Å². The van der Waals surface area contributed by atoms with Crippen molar-refractivity contribution in [2.75, 3.05) is 13.2 Å². The Balaban J connectivity index is 1.37. The van der Waals surface area contributed by atoms with E-state index in [0.717, 1.165) is 16.8 Å². The number of halogens is 2. The summed E-state index contributed by atoms with van der Waals surface area (Å²) in [7, 11) is 0. The maximum atomic E-state index is 12.9. The summed E-state index contributed by atoms with van der Waals surface area (Å²) in [5, 5.41) is 0.727. The largest absolute Gasteiger partial charge is 0.490 e. The Labute approximate surface area is 197 Å². The van der Waals surface area contributed by atoms with Gasteiger partial charge in [0.1, 0.15) is 19.0 Å². The molecule has 0 fully saturated rings. The zero-order valence-corrected chi connectivity index (χ0v) is 19.0. The molecule has 160 valence electrons. The van der Waals surface area contributed by atoms with E-state index >= 15 is 0 Å². The quantitative estimate of drug-likeness (QED) is 0.311. The van der Waals surface area contributed by atoms with Crippen LogP contribution in [0.15, 0.2) is 71.5 Å². The number of para-hydroxylation sites is 3. The summed E-state index contributed by atoms with van der Waals surface area (Å²) >= 11 is 14.1. The van der Waals surface area contributed by atoms with Crippen molar-refractivity contribution in [1.82, 2.24) is 9.38 Å². The Morgan fingerprint density at radius 3 is 2.41 bits per heavy atom. The van der Waals surface area contributed by atoms with Crippen LogP contribution in [-0.4, -0.2) is 22.6 Å². The maximum absolute atomic E-state index is 12.9. The minimum Gasteiger partial charge on any atom is -0.490 e. The van der Waals surface area contributed by atoms with Gasteiger partial charge in [0, 0.05) is 0 Å². The van der Waals surface area contributed by atoms with Crippen LogP contribution in [-0.2, 0) is 0 Å². The van der Waals surface area contributed by atoms with Crippen LogP contribution in [0.25, 0.3) is 22.1 Å². The van der Waals surface area contributed by atoms with Crippen molar-refractivity contribution in [1.29, 1.82) is 0 Å². The second-order valence-electron chi connectivity index (χ2n) is 6.96. The lowest BCUT2D eigenvalue weighted by Gasteiger charge is -2.11. The first-order valence-corrected chi connectivity index (χ1v) is 11.4. The molecule has 0 amide bonds. The summed E-state index contributed by atoms with van der Waals surface area (Å²) in [5.41, 5.74) is 2.18. The molecule has 0 aliphatic heterocycles. The first kappa shape index (κ1) is 20.8. The smallest absolute Gasteiger partial charge is 0.274 e. The molecule has 5 aromatic rings. The zero-order valence-electron chi connectivity index (χ0n) is 16.6. The van der Waals surface area contributed by atoms with Gasteiger partial charge in [-0.1, -0.05) is 64.9 Å². The van der Waals surface area contributed by atoms with E-state index < -0.39 is 0 Å². The topological polar surface area (TPSA) is 52.8 Å². The second-order valence-corrected chi connectivity index (χ2v) is 8.78. The van der Waals surface area contributed by atoms with Crippen LogP contribution in [0.5, 0.6) is 11.5 Å². The Hall–Kier alpha value is -3.06. The van der Waals surface area contributed by atoms with Gasteiger partial charge in [0.05, 0.1) is 25.6 Å². The molecule has 3 aromatic carbocycles. The van der Waals surface area contributed by atoms with Crippen molar-refractivity contribution >= 4 is 56.6 Å². The monoisotopic (exact) mass is 482 g/mol. The number of imidazole rings is 1. The molecule has 0 saturated carbocycles. The number of ether oxygens (including phenoxy) is 2. The second kappa shape index (κ2) is 8.82. The van der Waals surface area contributed by atoms with Crippen LogP contribution >= 0.6 is 34.5 Å². The van der Waals surface area contributed by atoms with Gasteiger partial charge >= 0.3 is 0 Å². The van der Waals surface area contributed by atoms with Crippen molar-refractivity contribution in [2.24, 2.45) is 0 Å². The van der Waals surface area contributed by atoms with E-state index in [9.17, 15) is 4.79 Å². The van der Waals surface area contributed by atoms with Crippen molar-refractivity contribution in [3.05, 3.63) is 97.2 Å². The molecule has 5 nitrogen and oxygen atoms in total. The number of rotatable bonds is 6. The fraction of sp³-hybridized carbons (Fsp3) is 0.0833. The van der Waals surface area contributed by atoms with E-state index in [1.807, 2.05) is 54.6 Å². The van der Waals surface area contributed by atoms with E-state index in [2.05, 4.69) is 4.98 Å². The van der Waals surface area contributed by atoms with Crippen molar-refractivity contribution < 1.29 is 9.47 Å². The molecular formula is C24H16Cl2N2O3S. The van der Waals surface area contributed by atoms with Crippen molar-refractivity contribution in [3.63, 3.8) is 0 Å². The van der Waals surface area contributed by atoms with Gasteiger partial charge in [-0.15, -0.1) is 0 Å². The molecule has 2 heterocycles. The molecule has 8 heteroatoms. The van der Waals surface area contributed by atoms with E-state index in [4.69, 9.17) is 32.7 Å². The molecule has 0 spiro atoms. The van der Waals surface area contributed by atoms with Gasteiger partial charge in [0.15, 0.2) is 10.7 Å². The highest BCUT2D eigenvalue weighted by molar-refractivity contribution is 7.15. The number of fused-ring (bicyclic) bond motifs is 3. The first-order chi connectivity index (χ1) is 15.6. The number of aromatic nitrogens is 2. The lowest BCUT2D eigenvalue weighted by atomic mass is 10.2. The molecule has 2 aromatic heterocycles. The van der Waals surface area contributed by atoms with Crippen LogP contribution in [0.2, 0.25) is 10.0 Å². The average molecular weight is 483 g/mol. The fourth-order valence-corrected chi connectivity index (χ4v) is 4.98. The van der Waals surface area contributed by atoms with E-state index in [1.165, 1.54) is 11.3 Å². The van der Waals surface area contributed by atoms with Crippen molar-refractivity contribution in [2.45, 2.75) is 0 Å². The van der Waals surface area contributed by atoms with Gasteiger partial charge in [-0.3, -0.25) is 4.79 Å². The summed E-state index contributed by atoms with van der Waals surface area (Å²) in [6, 6.07) is 20.5. The molecule has 0 bridgehead atoms. The molecular weight excluding hydrogens is 467 g/mol. The van der Waals surface area contributed by atoms with Gasteiger partial charge in [0.25, 0.3) is 5.56 Å². The van der Waals surface area contributed by atoms with Gasteiger partial charge in [-0.05, 0) is 48.0 Å². The lowest BCUT2D eigenvalue weighted by Crippen LogP contribution is -2.22. The maximum Gasteiger partial charge on any atom is 0.274 e. The average Bonchev–Trinajstić information content (AvgIpc) is 3.29. The highest BCUT2D eigenvalue weighted by atomic mass is 35.5. The third kappa shape index (κ3) is 4.05. The molecule has 0 radical (unpaired) electrons. The predicted octanol–water partition coefficient (Wildman–Crippen LogP) is 5.22. The van der Waals surface area contributed by atoms with Gasteiger partial charge < -0.3 is 9.47 Å². The number of nitrogens with zero attached hydrogens (tertiary/aromatic N) is 2. The highest BCUT2D eigenvalue weighted by Crippen LogP contribution is 2.34. The normalized spacial score (nSPS) is 12.0. The Kier molecular flexibility index (Phi) is 5.74. The summed E-state index contributed by atoms with van der Waals surface area (Å²) in [5.74, 6) is 1.15. The molecule has 0 saturated heterocycles. The van der Waals surface area contributed by atoms with Crippen molar-refractivity contribution in [3.8, 4) is 11.5 Å². The summed E-state index contributed by atoms with van der Waals surface area (Å²) in [6.45, 7) is 0.643. The Bertz CT molecular complexity index is 1510. The molecule has 5 rings (SSSR count). The highest BCUT2D eigenvalue weighted by Gasteiger charge is 2.12. The molecule has 0 aliphatic rings. The molecule has 0 N–H and O–H groups in total. The Morgan fingerprint density at radius 1 is 0.938 bits per heavy atom. The summed E-state index contributed by atoms with van der Waals surface area (Å²) in [4.78, 5) is 18.1. The minimum absolute atomic E-state index is 0.121. The van der Waals surface area contributed by atoms with Gasteiger partial charge in [0.2, 0.25) is 0 Å². The Morgan fingerprint density at radius 2 is 1.62 bits per heavy atom. The lowest BCUT2D eigenvalue weighted by molar-refractivity contribution is 0.217. The van der Waals surface area contributed by atoms with Crippen LogP contribution < -0.4 is 19.6 Å². The third-order valence-electron chi connectivity index (χ3n) is 4.81. The molecule has 0 atom stereocenters. The van der Waals surface area contributed by atoms with Crippen LogP contribution in [0.3, 0.4) is 0 Å². The number of hydrogen-bond donors (Lipinski definition) is 0. The zero-order chi connectivity index (χ0) is 22.1. The minimum atomic E-state index is -0.121. The summed E-state index contributed by atoms with van der Waals surface area (Å²) < 4.78 is 13.5. The van der Waals surface area contributed by atoms with Gasteiger partial charge in [-0.25, -0.2) is 9.38 Å². The standard InChI is InChI=1S/C24H16Cl2N2O3S/c25-17-12-15(13-18(26)22(17)31-11-10-30-16-6-2-1-3-7-16)14-21-23(29)28-20-9-5-4-8-19(20)27-24(28)32-21/h1-9,12-14H,10-11H2. The molecule has 32 heavy (non-hydrogen) atoms. The predicted molar refractivity (Wildman–Crippen MR) is 130 cm³/mol. The number of benzene rings is 3. The third-order valence-corrected chi connectivity index (χ3v) is 6.34. The van der Waals surface area contributed by atoms with E-state index in [0.29, 0.717) is 37.5 Å². The number of thiazole rings is 1. The SMILES string of the molecule is O=c1c(=Cc2cc(Cl)c(OCCOc3ccccc3)c(Cl)c2)sc2nc3ccccc3n12. The summed E-state index contributed by atoms with van der Waals surface area (Å²) in [6.07, 6.45) is 1.76. The fourth-order valence-electron chi connectivity index (χ4n) is 3.38. The van der Waals surface area contributed by atoms with E-state index in [1.54, 1.807) is 22.6 Å². The van der Waals surface area contributed by atoms with E-state index in [-0.39, 0.29) is 12.2 Å². The molecule has 0 unspecified atom stereocenters.